The number of hydrogen-bond acceptors (Lipinski definition) is 4. The highest BCUT2D eigenvalue weighted by Gasteiger charge is 2.15. The van der Waals surface area contributed by atoms with Crippen LogP contribution in [0, 0.1) is 0 Å². The summed E-state index contributed by atoms with van der Waals surface area (Å²) in [6, 6.07) is 2.78. The Bertz CT molecular complexity index is 437. The molecule has 0 heterocycles. The third-order valence-electron chi connectivity index (χ3n) is 1.63. The molecule has 8 heteroatoms. The second-order valence-electron chi connectivity index (χ2n) is 3.64. The van der Waals surface area contributed by atoms with Crippen LogP contribution >= 0.6 is 34.8 Å². The third-order valence-corrected chi connectivity index (χ3v) is 2.64. The van der Waals surface area contributed by atoms with Gasteiger partial charge in [-0.2, -0.15) is 5.06 Å². The van der Waals surface area contributed by atoms with Gasteiger partial charge in [0.15, 0.2) is 6.10 Å². The maximum absolute atomic E-state index is 10.5. The molecule has 5 nitrogen and oxygen atoms in total. The summed E-state index contributed by atoms with van der Waals surface area (Å²) in [6.45, 7) is 1.39. The molecule has 0 fully saturated rings. The van der Waals surface area contributed by atoms with Gasteiger partial charge in [0.25, 0.3) is 0 Å². The summed E-state index contributed by atoms with van der Waals surface area (Å²) in [5.74, 6) is -0.891. The number of hydrogen-bond donors (Lipinski definition) is 2. The Kier molecular flexibility index (Phi) is 8.13. The molecular formula is C11H14Cl3NO4. The van der Waals surface area contributed by atoms with Crippen LogP contribution in [-0.4, -0.2) is 41.5 Å². The first-order valence-corrected chi connectivity index (χ1v) is 6.18. The smallest absolute Gasteiger partial charge is 0.344 e. The molecule has 0 aliphatic rings. The van der Waals surface area contributed by atoms with E-state index in [0.29, 0.717) is 0 Å². The molecule has 0 spiro atoms. The molecule has 1 rings (SSSR count). The van der Waals surface area contributed by atoms with Gasteiger partial charge >= 0.3 is 5.97 Å². The summed E-state index contributed by atoms with van der Waals surface area (Å²) in [5, 5.41) is 18.3. The average molecular weight is 331 g/mol. The SMILES string of the molecule is CC(Oc1cc(Cl)c(Cl)cc1Cl)C(=O)O.CN(C)O. The van der Waals surface area contributed by atoms with Crippen molar-refractivity contribution in [1.29, 1.82) is 0 Å². The molecule has 1 aromatic carbocycles. The molecule has 1 aromatic rings. The zero-order valence-electron chi connectivity index (χ0n) is 10.5. The summed E-state index contributed by atoms with van der Waals surface area (Å²) in [6.07, 6.45) is -1.00. The maximum atomic E-state index is 10.5. The standard InChI is InChI=1S/C9H7Cl3O3.C2H7NO/c1-4(9(13)14)15-8-3-6(11)5(10)2-7(8)12;1-3(2)4/h2-4H,1H3,(H,13,14);4H,1-2H3. The molecule has 0 saturated heterocycles. The van der Waals surface area contributed by atoms with Crippen LogP contribution in [0.15, 0.2) is 12.1 Å². The van der Waals surface area contributed by atoms with Gasteiger partial charge in [-0.15, -0.1) is 0 Å². The van der Waals surface area contributed by atoms with E-state index in [1.165, 1.54) is 19.1 Å². The van der Waals surface area contributed by atoms with Crippen molar-refractivity contribution in [3.63, 3.8) is 0 Å². The number of rotatable bonds is 3. The number of hydroxylamine groups is 2. The van der Waals surface area contributed by atoms with Crippen LogP contribution in [0.5, 0.6) is 5.75 Å². The van der Waals surface area contributed by atoms with E-state index in [4.69, 9.17) is 49.9 Å². The van der Waals surface area contributed by atoms with Gasteiger partial charge in [0, 0.05) is 20.2 Å². The quantitative estimate of drug-likeness (QED) is 0.656. The Balaban J connectivity index is 0.000000711. The van der Waals surface area contributed by atoms with Crippen LogP contribution in [0.2, 0.25) is 15.1 Å². The predicted molar refractivity (Wildman–Crippen MR) is 74.7 cm³/mol. The Labute approximate surface area is 126 Å². The lowest BCUT2D eigenvalue weighted by atomic mass is 10.3. The first-order valence-electron chi connectivity index (χ1n) is 5.05. The van der Waals surface area contributed by atoms with Gasteiger partial charge in [0.05, 0.1) is 15.1 Å². The van der Waals surface area contributed by atoms with Gasteiger partial charge in [0.2, 0.25) is 0 Å². The Morgan fingerprint density at radius 2 is 1.63 bits per heavy atom. The van der Waals surface area contributed by atoms with E-state index >= 15 is 0 Å². The Morgan fingerprint density at radius 1 is 1.21 bits per heavy atom. The summed E-state index contributed by atoms with van der Waals surface area (Å²) in [7, 11) is 3.11. The highest BCUT2D eigenvalue weighted by atomic mass is 35.5. The van der Waals surface area contributed by atoms with Crippen molar-refractivity contribution in [2.45, 2.75) is 13.0 Å². The third kappa shape index (κ3) is 7.44. The second-order valence-corrected chi connectivity index (χ2v) is 4.86. The summed E-state index contributed by atoms with van der Waals surface area (Å²) in [5.41, 5.74) is 0. The monoisotopic (exact) mass is 329 g/mol. The van der Waals surface area contributed by atoms with Crippen LogP contribution in [0.1, 0.15) is 6.92 Å². The summed E-state index contributed by atoms with van der Waals surface area (Å²) < 4.78 is 5.07. The fraction of sp³-hybridized carbons (Fsp3) is 0.364. The molecule has 0 aliphatic carbocycles. The number of halogens is 3. The van der Waals surface area contributed by atoms with Crippen LogP contribution < -0.4 is 4.74 Å². The summed E-state index contributed by atoms with van der Waals surface area (Å²) >= 11 is 17.2. The lowest BCUT2D eigenvalue weighted by Gasteiger charge is -2.12. The number of carboxylic acids is 1. The van der Waals surface area contributed by atoms with Gasteiger partial charge in [-0.25, -0.2) is 4.79 Å². The predicted octanol–water partition coefficient (Wildman–Crippen LogP) is 3.44. The minimum Gasteiger partial charge on any atom is -0.479 e. The second kappa shape index (κ2) is 8.45. The number of ether oxygens (including phenoxy) is 1. The molecule has 1 unspecified atom stereocenters. The highest BCUT2D eigenvalue weighted by Crippen LogP contribution is 2.34. The van der Waals surface area contributed by atoms with Crippen molar-refractivity contribution in [2.24, 2.45) is 0 Å². The molecule has 0 aliphatic heterocycles. The van der Waals surface area contributed by atoms with Gasteiger partial charge in [-0.1, -0.05) is 34.8 Å². The van der Waals surface area contributed by atoms with Crippen molar-refractivity contribution in [2.75, 3.05) is 14.1 Å². The van der Waals surface area contributed by atoms with Gasteiger partial charge in [-0.3, -0.25) is 0 Å². The largest absolute Gasteiger partial charge is 0.479 e. The molecule has 0 aromatic heterocycles. The molecule has 0 radical (unpaired) electrons. The maximum Gasteiger partial charge on any atom is 0.344 e. The van der Waals surface area contributed by atoms with E-state index in [0.717, 1.165) is 5.06 Å². The molecule has 108 valence electrons. The minimum atomic E-state index is -1.09. The Morgan fingerprint density at radius 3 is 2.05 bits per heavy atom. The Hall–Kier alpha value is -0.720. The van der Waals surface area contributed by atoms with E-state index < -0.39 is 12.1 Å². The van der Waals surface area contributed by atoms with E-state index in [2.05, 4.69) is 0 Å². The number of nitrogens with zero attached hydrogens (tertiary/aromatic N) is 1. The van der Waals surface area contributed by atoms with Crippen molar-refractivity contribution in [3.05, 3.63) is 27.2 Å². The molecule has 0 bridgehead atoms. The lowest BCUT2D eigenvalue weighted by Crippen LogP contribution is -2.22. The van der Waals surface area contributed by atoms with Crippen LogP contribution in [0.3, 0.4) is 0 Å². The zero-order chi connectivity index (χ0) is 15.2. The van der Waals surface area contributed by atoms with Crippen LogP contribution in [-0.2, 0) is 4.79 Å². The first-order chi connectivity index (χ1) is 8.65. The van der Waals surface area contributed by atoms with E-state index in [1.54, 1.807) is 14.1 Å². The van der Waals surface area contributed by atoms with E-state index in [-0.39, 0.29) is 20.8 Å². The normalized spacial score (nSPS) is 11.6. The van der Waals surface area contributed by atoms with Crippen molar-refractivity contribution in [1.82, 2.24) is 5.06 Å². The van der Waals surface area contributed by atoms with Crippen LogP contribution in [0.4, 0.5) is 0 Å². The topological polar surface area (TPSA) is 70.0 Å². The minimum absolute atomic E-state index is 0.195. The van der Waals surface area contributed by atoms with Crippen molar-refractivity contribution in [3.8, 4) is 5.75 Å². The highest BCUT2D eigenvalue weighted by molar-refractivity contribution is 6.43. The molecule has 19 heavy (non-hydrogen) atoms. The van der Waals surface area contributed by atoms with Gasteiger partial charge in [0.1, 0.15) is 5.75 Å². The molecule has 0 saturated carbocycles. The van der Waals surface area contributed by atoms with Crippen molar-refractivity contribution < 1.29 is 19.8 Å². The molecule has 0 amide bonds. The van der Waals surface area contributed by atoms with E-state index in [9.17, 15) is 4.79 Å². The first kappa shape index (κ1) is 18.3. The van der Waals surface area contributed by atoms with Gasteiger partial charge in [-0.05, 0) is 13.0 Å². The fourth-order valence-corrected chi connectivity index (χ4v) is 1.42. The number of carbonyl (C=O) groups is 1. The lowest BCUT2D eigenvalue weighted by molar-refractivity contribution is -0.144. The van der Waals surface area contributed by atoms with Gasteiger partial charge < -0.3 is 15.1 Å². The number of carboxylic acid groups (broad SMARTS) is 1. The molecule has 2 N–H and O–H groups in total. The summed E-state index contributed by atoms with van der Waals surface area (Å²) in [4.78, 5) is 10.5. The van der Waals surface area contributed by atoms with E-state index in [1.807, 2.05) is 0 Å². The number of aliphatic carboxylic acids is 1. The number of benzene rings is 1. The average Bonchev–Trinajstić information content (AvgIpc) is 2.24. The fourth-order valence-electron chi connectivity index (χ4n) is 0.835. The molecule has 1 atom stereocenters. The molecular weight excluding hydrogens is 316 g/mol. The zero-order valence-corrected chi connectivity index (χ0v) is 12.8. The van der Waals surface area contributed by atoms with Crippen LogP contribution in [0.25, 0.3) is 0 Å². The van der Waals surface area contributed by atoms with Crippen molar-refractivity contribution >= 4 is 40.8 Å².